The van der Waals surface area contributed by atoms with Crippen molar-refractivity contribution in [1.29, 1.82) is 0 Å². The van der Waals surface area contributed by atoms with E-state index in [0.717, 1.165) is 16.6 Å². The highest BCUT2D eigenvalue weighted by Gasteiger charge is 2.20. The molecule has 3 N–H and O–H groups in total. The average Bonchev–Trinajstić information content (AvgIpc) is 2.69. The number of carbonyl (C=O) groups is 1. The molecule has 1 aromatic carbocycles. The summed E-state index contributed by atoms with van der Waals surface area (Å²) in [6.07, 6.45) is 0. The molecule has 2 aromatic rings. The number of nitrogens with zero attached hydrogens (tertiary/aromatic N) is 2. The molecule has 0 spiro atoms. The first-order valence-electron chi connectivity index (χ1n) is 6.92. The van der Waals surface area contributed by atoms with Crippen LogP contribution in [-0.2, 0) is 4.79 Å². The molecule has 5 nitrogen and oxygen atoms in total. The molecule has 1 unspecified atom stereocenters. The van der Waals surface area contributed by atoms with E-state index in [1.807, 2.05) is 32.0 Å². The predicted molar refractivity (Wildman–Crippen MR) is 81.4 cm³/mol. The van der Waals surface area contributed by atoms with Crippen LogP contribution in [0, 0.1) is 12.8 Å². The minimum atomic E-state index is -0.374. The van der Waals surface area contributed by atoms with Crippen molar-refractivity contribution in [2.75, 3.05) is 12.3 Å². The smallest absolute Gasteiger partial charge is 0.242 e. The Morgan fingerprint density at radius 2 is 2.10 bits per heavy atom. The van der Waals surface area contributed by atoms with Gasteiger partial charge in [0.1, 0.15) is 6.04 Å². The highest BCUT2D eigenvalue weighted by molar-refractivity contribution is 5.85. The van der Waals surface area contributed by atoms with Crippen molar-refractivity contribution in [3.8, 4) is 0 Å². The standard InChI is InChI=1S/C15H22N4O/c1-9(2)8-17-14(20)11(4)19-13-6-5-10(3)7-12(13)18-15(19)16/h5-7,9,11H,8H2,1-4H3,(H2,16,18)(H,17,20). The maximum absolute atomic E-state index is 12.2. The SMILES string of the molecule is Cc1ccc2c(c1)nc(N)n2C(C)C(=O)NCC(C)C. The van der Waals surface area contributed by atoms with Gasteiger partial charge in [-0.15, -0.1) is 0 Å². The van der Waals surface area contributed by atoms with E-state index < -0.39 is 0 Å². The van der Waals surface area contributed by atoms with Gasteiger partial charge in [-0.3, -0.25) is 9.36 Å². The van der Waals surface area contributed by atoms with Crippen LogP contribution in [0.1, 0.15) is 32.4 Å². The molecule has 1 aromatic heterocycles. The van der Waals surface area contributed by atoms with Gasteiger partial charge in [0.15, 0.2) is 0 Å². The third kappa shape index (κ3) is 2.76. The van der Waals surface area contributed by atoms with E-state index in [-0.39, 0.29) is 11.9 Å². The van der Waals surface area contributed by atoms with Crippen LogP contribution < -0.4 is 11.1 Å². The van der Waals surface area contributed by atoms with Crippen molar-refractivity contribution in [3.63, 3.8) is 0 Å². The van der Waals surface area contributed by atoms with Crippen molar-refractivity contribution in [2.24, 2.45) is 5.92 Å². The van der Waals surface area contributed by atoms with E-state index in [0.29, 0.717) is 18.4 Å². The molecular formula is C15H22N4O. The molecule has 0 aliphatic heterocycles. The molecule has 0 saturated carbocycles. The normalized spacial score (nSPS) is 12.8. The first-order chi connectivity index (χ1) is 9.40. The largest absolute Gasteiger partial charge is 0.369 e. The number of nitrogens with one attached hydrogen (secondary N) is 1. The lowest BCUT2D eigenvalue weighted by atomic mass is 10.2. The van der Waals surface area contributed by atoms with Gasteiger partial charge in [-0.25, -0.2) is 4.98 Å². The van der Waals surface area contributed by atoms with E-state index in [9.17, 15) is 4.79 Å². The lowest BCUT2D eigenvalue weighted by molar-refractivity contribution is -0.123. The van der Waals surface area contributed by atoms with Gasteiger partial charge >= 0.3 is 0 Å². The zero-order valence-corrected chi connectivity index (χ0v) is 12.5. The van der Waals surface area contributed by atoms with Crippen molar-refractivity contribution in [3.05, 3.63) is 23.8 Å². The second kappa shape index (κ2) is 5.53. The molecule has 108 valence electrons. The van der Waals surface area contributed by atoms with Crippen molar-refractivity contribution in [1.82, 2.24) is 14.9 Å². The Hall–Kier alpha value is -2.04. The average molecular weight is 274 g/mol. The summed E-state index contributed by atoms with van der Waals surface area (Å²) in [5.74, 6) is 0.758. The third-order valence-corrected chi connectivity index (χ3v) is 3.32. The van der Waals surface area contributed by atoms with Crippen LogP contribution in [0.2, 0.25) is 0 Å². The molecule has 1 heterocycles. The molecule has 20 heavy (non-hydrogen) atoms. The van der Waals surface area contributed by atoms with Crippen LogP contribution in [0.3, 0.4) is 0 Å². The summed E-state index contributed by atoms with van der Waals surface area (Å²) < 4.78 is 1.78. The summed E-state index contributed by atoms with van der Waals surface area (Å²) in [5, 5.41) is 2.93. The Balaban J connectivity index is 2.32. The van der Waals surface area contributed by atoms with E-state index in [2.05, 4.69) is 24.1 Å². The summed E-state index contributed by atoms with van der Waals surface area (Å²) in [7, 11) is 0. The Labute approximate surface area is 119 Å². The predicted octanol–water partition coefficient (Wildman–Crippen LogP) is 2.26. The number of aromatic nitrogens is 2. The molecule has 0 aliphatic carbocycles. The zero-order valence-electron chi connectivity index (χ0n) is 12.5. The third-order valence-electron chi connectivity index (χ3n) is 3.32. The molecule has 0 fully saturated rings. The van der Waals surface area contributed by atoms with Gasteiger partial charge in [0.2, 0.25) is 11.9 Å². The van der Waals surface area contributed by atoms with Gasteiger partial charge in [-0.1, -0.05) is 19.9 Å². The monoisotopic (exact) mass is 274 g/mol. The lowest BCUT2D eigenvalue weighted by Gasteiger charge is -2.17. The lowest BCUT2D eigenvalue weighted by Crippen LogP contribution is -2.33. The molecule has 0 aliphatic rings. The van der Waals surface area contributed by atoms with Crippen LogP contribution in [0.25, 0.3) is 11.0 Å². The number of imidazole rings is 1. The topological polar surface area (TPSA) is 72.9 Å². The highest BCUT2D eigenvalue weighted by Crippen LogP contribution is 2.23. The fourth-order valence-electron chi connectivity index (χ4n) is 2.20. The molecular weight excluding hydrogens is 252 g/mol. The second-order valence-electron chi connectivity index (χ2n) is 5.65. The molecule has 5 heteroatoms. The van der Waals surface area contributed by atoms with E-state index >= 15 is 0 Å². The fraction of sp³-hybridized carbons (Fsp3) is 0.467. The van der Waals surface area contributed by atoms with Gasteiger partial charge in [-0.2, -0.15) is 0 Å². The number of hydrogen-bond acceptors (Lipinski definition) is 3. The summed E-state index contributed by atoms with van der Waals surface area (Å²) in [6.45, 7) is 8.64. The van der Waals surface area contributed by atoms with Crippen LogP contribution in [-0.4, -0.2) is 22.0 Å². The molecule has 1 amide bonds. The van der Waals surface area contributed by atoms with Gasteiger partial charge in [-0.05, 0) is 37.5 Å². The first-order valence-corrected chi connectivity index (χ1v) is 6.92. The highest BCUT2D eigenvalue weighted by atomic mass is 16.2. The van der Waals surface area contributed by atoms with E-state index in [1.165, 1.54) is 0 Å². The summed E-state index contributed by atoms with van der Waals surface area (Å²) >= 11 is 0. The van der Waals surface area contributed by atoms with Crippen LogP contribution >= 0.6 is 0 Å². The number of rotatable bonds is 4. The summed E-state index contributed by atoms with van der Waals surface area (Å²) in [4.78, 5) is 16.5. The Morgan fingerprint density at radius 3 is 2.75 bits per heavy atom. The summed E-state index contributed by atoms with van der Waals surface area (Å²) in [6, 6.07) is 5.56. The quantitative estimate of drug-likeness (QED) is 0.898. The van der Waals surface area contributed by atoms with Crippen LogP contribution in [0.5, 0.6) is 0 Å². The molecule has 0 radical (unpaired) electrons. The maximum Gasteiger partial charge on any atom is 0.242 e. The van der Waals surface area contributed by atoms with Crippen LogP contribution in [0.4, 0.5) is 5.95 Å². The van der Waals surface area contributed by atoms with Gasteiger partial charge in [0, 0.05) is 6.54 Å². The number of carbonyl (C=O) groups excluding carboxylic acids is 1. The second-order valence-corrected chi connectivity index (χ2v) is 5.65. The van der Waals surface area contributed by atoms with E-state index in [1.54, 1.807) is 4.57 Å². The first kappa shape index (κ1) is 14.4. The minimum Gasteiger partial charge on any atom is -0.369 e. The molecule has 2 rings (SSSR count). The summed E-state index contributed by atoms with van der Waals surface area (Å²) in [5.41, 5.74) is 8.81. The van der Waals surface area contributed by atoms with Gasteiger partial charge in [0.05, 0.1) is 11.0 Å². The maximum atomic E-state index is 12.2. The number of aryl methyl sites for hydroxylation is 1. The van der Waals surface area contributed by atoms with Crippen molar-refractivity contribution >= 4 is 22.9 Å². The number of fused-ring (bicyclic) bond motifs is 1. The Kier molecular flexibility index (Phi) is 3.97. The molecule has 0 bridgehead atoms. The van der Waals surface area contributed by atoms with Crippen molar-refractivity contribution < 1.29 is 4.79 Å². The van der Waals surface area contributed by atoms with E-state index in [4.69, 9.17) is 5.73 Å². The zero-order chi connectivity index (χ0) is 14.9. The number of nitrogen functional groups attached to an aromatic ring is 1. The number of benzene rings is 1. The Morgan fingerprint density at radius 1 is 1.40 bits per heavy atom. The number of amides is 1. The Bertz CT molecular complexity index is 630. The molecule has 1 atom stereocenters. The fourth-order valence-corrected chi connectivity index (χ4v) is 2.20. The minimum absolute atomic E-state index is 0.0368. The van der Waals surface area contributed by atoms with Gasteiger partial charge < -0.3 is 11.1 Å². The van der Waals surface area contributed by atoms with Crippen molar-refractivity contribution in [2.45, 2.75) is 33.7 Å². The van der Waals surface area contributed by atoms with Gasteiger partial charge in [0.25, 0.3) is 0 Å². The molecule has 0 saturated heterocycles. The van der Waals surface area contributed by atoms with Crippen LogP contribution in [0.15, 0.2) is 18.2 Å². The number of hydrogen-bond donors (Lipinski definition) is 2. The number of nitrogens with two attached hydrogens (primary N) is 1. The number of anilines is 1.